The smallest absolute Gasteiger partial charge is 0.321 e. The average molecular weight is 289 g/mol. The van der Waals surface area contributed by atoms with Crippen molar-refractivity contribution in [1.29, 1.82) is 0 Å². The molecule has 1 N–H and O–H groups in total. The Hall–Kier alpha value is -1.71. The van der Waals surface area contributed by atoms with Crippen LogP contribution in [0.4, 0.5) is 16.2 Å². The molecule has 0 radical (unpaired) electrons. The fourth-order valence-corrected chi connectivity index (χ4v) is 2.86. The Labute approximate surface area is 128 Å². The molecular weight excluding hydrogens is 262 g/mol. The number of carbonyl (C=O) groups is 1. The minimum Gasteiger partial charge on any atom is -0.372 e. The Morgan fingerprint density at radius 1 is 1.19 bits per heavy atom. The van der Waals surface area contributed by atoms with E-state index in [9.17, 15) is 4.79 Å². The van der Waals surface area contributed by atoms with E-state index in [2.05, 4.69) is 43.1 Å². The lowest BCUT2D eigenvalue weighted by molar-refractivity contribution is 0.200. The van der Waals surface area contributed by atoms with Gasteiger partial charge in [0.1, 0.15) is 0 Å². The van der Waals surface area contributed by atoms with Gasteiger partial charge in [0, 0.05) is 37.6 Å². The highest BCUT2D eigenvalue weighted by atomic mass is 16.2. The number of aryl methyl sites for hydroxylation is 1. The van der Waals surface area contributed by atoms with Crippen molar-refractivity contribution < 1.29 is 4.79 Å². The summed E-state index contributed by atoms with van der Waals surface area (Å²) in [5.74, 6) is 0. The molecule has 4 heteroatoms. The van der Waals surface area contributed by atoms with Gasteiger partial charge in [-0.25, -0.2) is 4.79 Å². The summed E-state index contributed by atoms with van der Waals surface area (Å²) >= 11 is 0. The Kier molecular flexibility index (Phi) is 5.48. The number of carbonyl (C=O) groups excluding carboxylic acids is 1. The zero-order valence-electron chi connectivity index (χ0n) is 13.5. The minimum absolute atomic E-state index is 0.0355. The maximum atomic E-state index is 12.3. The van der Waals surface area contributed by atoms with E-state index in [0.29, 0.717) is 0 Å². The highest BCUT2D eigenvalue weighted by Crippen LogP contribution is 2.23. The highest BCUT2D eigenvalue weighted by molar-refractivity contribution is 5.90. The number of anilines is 2. The van der Waals surface area contributed by atoms with Crippen LogP contribution in [0, 0.1) is 6.92 Å². The maximum absolute atomic E-state index is 12.3. The van der Waals surface area contributed by atoms with E-state index in [1.165, 1.54) is 12.1 Å². The molecule has 0 aliphatic carbocycles. The number of likely N-dealkylation sites (tertiary alicyclic amines) is 1. The molecule has 1 aliphatic heterocycles. The Morgan fingerprint density at radius 3 is 2.43 bits per heavy atom. The number of hydrogen-bond acceptors (Lipinski definition) is 2. The normalized spacial score (nSPS) is 14.9. The lowest BCUT2D eigenvalue weighted by Gasteiger charge is -2.27. The van der Waals surface area contributed by atoms with Gasteiger partial charge < -0.3 is 15.1 Å². The Bertz CT molecular complexity index is 477. The zero-order chi connectivity index (χ0) is 15.2. The third-order valence-electron chi connectivity index (χ3n) is 4.22. The molecule has 1 aliphatic rings. The third-order valence-corrected chi connectivity index (χ3v) is 4.22. The van der Waals surface area contributed by atoms with Crippen molar-refractivity contribution in [2.75, 3.05) is 36.4 Å². The first-order valence-corrected chi connectivity index (χ1v) is 8.07. The van der Waals surface area contributed by atoms with E-state index in [0.717, 1.165) is 50.3 Å². The maximum Gasteiger partial charge on any atom is 0.321 e. The molecule has 1 heterocycles. The number of hydrogen-bond donors (Lipinski definition) is 1. The van der Waals surface area contributed by atoms with Crippen LogP contribution in [0.15, 0.2) is 18.2 Å². The van der Waals surface area contributed by atoms with Crippen molar-refractivity contribution >= 4 is 17.4 Å². The molecule has 0 spiro atoms. The van der Waals surface area contributed by atoms with Crippen LogP contribution in [-0.4, -0.2) is 37.1 Å². The van der Waals surface area contributed by atoms with Crippen molar-refractivity contribution in [3.05, 3.63) is 23.8 Å². The topological polar surface area (TPSA) is 35.6 Å². The molecule has 1 aromatic carbocycles. The number of nitrogens with one attached hydrogen (secondary N) is 1. The summed E-state index contributed by atoms with van der Waals surface area (Å²) < 4.78 is 0. The van der Waals surface area contributed by atoms with Gasteiger partial charge in [0.15, 0.2) is 0 Å². The molecule has 0 saturated carbocycles. The summed E-state index contributed by atoms with van der Waals surface area (Å²) in [4.78, 5) is 16.5. The van der Waals surface area contributed by atoms with Crippen LogP contribution in [0.25, 0.3) is 0 Å². The summed E-state index contributed by atoms with van der Waals surface area (Å²) in [6, 6.07) is 6.29. The second kappa shape index (κ2) is 7.34. The molecule has 1 fully saturated rings. The van der Waals surface area contributed by atoms with Crippen molar-refractivity contribution in [2.45, 2.75) is 40.0 Å². The van der Waals surface area contributed by atoms with Gasteiger partial charge in [-0.3, -0.25) is 0 Å². The van der Waals surface area contributed by atoms with Crippen LogP contribution in [0.3, 0.4) is 0 Å². The van der Waals surface area contributed by atoms with E-state index < -0.39 is 0 Å². The standard InChI is InChI=1S/C17H27N3O/c1-4-19(5-2)15-9-10-16(14(3)13-15)18-17(21)20-11-7-6-8-12-20/h9-10,13H,4-8,11-12H2,1-3H3,(H,18,21). The second-order valence-electron chi connectivity index (χ2n) is 5.65. The molecule has 0 aromatic heterocycles. The van der Waals surface area contributed by atoms with Crippen molar-refractivity contribution in [1.82, 2.24) is 4.90 Å². The van der Waals surface area contributed by atoms with E-state index >= 15 is 0 Å². The van der Waals surface area contributed by atoms with Gasteiger partial charge in [0.2, 0.25) is 0 Å². The van der Waals surface area contributed by atoms with Gasteiger partial charge >= 0.3 is 6.03 Å². The number of amides is 2. The molecule has 2 rings (SSSR count). The fourth-order valence-electron chi connectivity index (χ4n) is 2.86. The van der Waals surface area contributed by atoms with Crippen LogP contribution < -0.4 is 10.2 Å². The molecule has 0 atom stereocenters. The molecule has 0 bridgehead atoms. The molecule has 0 unspecified atom stereocenters. The lowest BCUT2D eigenvalue weighted by atomic mass is 10.1. The molecular formula is C17H27N3O. The summed E-state index contributed by atoms with van der Waals surface area (Å²) in [6.07, 6.45) is 3.47. The molecule has 2 amide bonds. The highest BCUT2D eigenvalue weighted by Gasteiger charge is 2.17. The summed E-state index contributed by atoms with van der Waals surface area (Å²) in [5.41, 5.74) is 3.25. The van der Waals surface area contributed by atoms with Gasteiger partial charge in [-0.15, -0.1) is 0 Å². The summed E-state index contributed by atoms with van der Waals surface area (Å²) in [6.45, 7) is 10.1. The van der Waals surface area contributed by atoms with Crippen molar-refractivity contribution in [3.63, 3.8) is 0 Å². The third kappa shape index (κ3) is 3.90. The summed E-state index contributed by atoms with van der Waals surface area (Å²) in [5, 5.41) is 3.05. The van der Waals surface area contributed by atoms with E-state index in [1.807, 2.05) is 11.0 Å². The fraction of sp³-hybridized carbons (Fsp3) is 0.588. The van der Waals surface area contributed by atoms with E-state index in [-0.39, 0.29) is 6.03 Å². The van der Waals surface area contributed by atoms with Crippen molar-refractivity contribution in [3.8, 4) is 0 Å². The Morgan fingerprint density at radius 2 is 1.86 bits per heavy atom. The quantitative estimate of drug-likeness (QED) is 0.913. The number of piperidine rings is 1. The molecule has 4 nitrogen and oxygen atoms in total. The number of urea groups is 1. The minimum atomic E-state index is 0.0355. The molecule has 1 saturated heterocycles. The van der Waals surface area contributed by atoms with Gasteiger partial charge in [-0.05, 0) is 63.8 Å². The first-order valence-electron chi connectivity index (χ1n) is 8.07. The number of nitrogens with zero attached hydrogens (tertiary/aromatic N) is 2. The van der Waals surface area contributed by atoms with Crippen molar-refractivity contribution in [2.24, 2.45) is 0 Å². The number of benzene rings is 1. The predicted octanol–water partition coefficient (Wildman–Crippen LogP) is 3.86. The van der Waals surface area contributed by atoms with Gasteiger partial charge in [-0.2, -0.15) is 0 Å². The van der Waals surface area contributed by atoms with Crippen LogP contribution in [0.5, 0.6) is 0 Å². The second-order valence-corrected chi connectivity index (χ2v) is 5.65. The van der Waals surface area contributed by atoms with Gasteiger partial charge in [-0.1, -0.05) is 0 Å². The Balaban J connectivity index is 2.05. The number of rotatable bonds is 4. The van der Waals surface area contributed by atoms with Crippen LogP contribution in [0.1, 0.15) is 38.7 Å². The first-order chi connectivity index (χ1) is 10.2. The van der Waals surface area contributed by atoms with Gasteiger partial charge in [0.25, 0.3) is 0 Å². The zero-order valence-corrected chi connectivity index (χ0v) is 13.5. The predicted molar refractivity (Wildman–Crippen MR) is 89.2 cm³/mol. The van der Waals surface area contributed by atoms with Crippen LogP contribution >= 0.6 is 0 Å². The largest absolute Gasteiger partial charge is 0.372 e. The molecule has 21 heavy (non-hydrogen) atoms. The average Bonchev–Trinajstić information content (AvgIpc) is 2.52. The SMILES string of the molecule is CCN(CC)c1ccc(NC(=O)N2CCCCC2)c(C)c1. The lowest BCUT2D eigenvalue weighted by Crippen LogP contribution is -2.38. The van der Waals surface area contributed by atoms with Crippen LogP contribution in [0.2, 0.25) is 0 Å². The van der Waals surface area contributed by atoms with E-state index in [1.54, 1.807) is 0 Å². The summed E-state index contributed by atoms with van der Waals surface area (Å²) in [7, 11) is 0. The van der Waals surface area contributed by atoms with E-state index in [4.69, 9.17) is 0 Å². The molecule has 116 valence electrons. The van der Waals surface area contributed by atoms with Gasteiger partial charge in [0.05, 0.1) is 0 Å². The van der Waals surface area contributed by atoms with Crippen LogP contribution in [-0.2, 0) is 0 Å². The molecule has 1 aromatic rings. The first kappa shape index (κ1) is 15.7. The monoisotopic (exact) mass is 289 g/mol.